The Bertz CT molecular complexity index is 487. The first kappa shape index (κ1) is 13.4. The number of aryl methyl sites for hydroxylation is 1. The van der Waals surface area contributed by atoms with Crippen LogP contribution in [0.25, 0.3) is 0 Å². The maximum Gasteiger partial charge on any atom is 0.287 e. The fraction of sp³-hybridized carbons (Fsp3) is 0.667. The van der Waals surface area contributed by atoms with Crippen molar-refractivity contribution >= 4 is 17.3 Å². The largest absolute Gasteiger partial charge is 0.378 e. The zero-order chi connectivity index (χ0) is 13.3. The van der Waals surface area contributed by atoms with Crippen LogP contribution >= 0.6 is 11.6 Å². The minimum atomic E-state index is -0.265. The summed E-state index contributed by atoms with van der Waals surface area (Å²) < 4.78 is 1.24. The summed E-state index contributed by atoms with van der Waals surface area (Å²) in [6.07, 6.45) is 3.84. The molecule has 1 N–H and O–H groups in total. The van der Waals surface area contributed by atoms with Gasteiger partial charge in [0.25, 0.3) is 5.56 Å². The van der Waals surface area contributed by atoms with Gasteiger partial charge >= 0.3 is 0 Å². The number of piperidine rings is 1. The number of halogens is 1. The van der Waals surface area contributed by atoms with Crippen LogP contribution in [0.4, 0.5) is 5.69 Å². The number of hydrogen-bond donors (Lipinski definition) is 1. The van der Waals surface area contributed by atoms with E-state index in [0.717, 1.165) is 19.4 Å². The number of likely N-dealkylation sites (N-methyl/N-ethyl adjacent to an activating group) is 1. The van der Waals surface area contributed by atoms with E-state index in [1.165, 1.54) is 4.68 Å². The monoisotopic (exact) mass is 270 g/mol. The van der Waals surface area contributed by atoms with E-state index >= 15 is 0 Å². The molecule has 1 aromatic rings. The molecule has 1 saturated heterocycles. The van der Waals surface area contributed by atoms with E-state index in [1.807, 2.05) is 0 Å². The lowest BCUT2D eigenvalue weighted by Gasteiger charge is -2.36. The van der Waals surface area contributed by atoms with Gasteiger partial charge in [-0.15, -0.1) is 0 Å². The van der Waals surface area contributed by atoms with Gasteiger partial charge in [-0.2, -0.15) is 5.10 Å². The van der Waals surface area contributed by atoms with Gasteiger partial charge in [-0.1, -0.05) is 11.6 Å². The van der Waals surface area contributed by atoms with Gasteiger partial charge in [0.05, 0.1) is 11.9 Å². The lowest BCUT2D eigenvalue weighted by Crippen LogP contribution is -2.44. The first-order valence-electron chi connectivity index (χ1n) is 6.17. The second-order valence-electron chi connectivity index (χ2n) is 5.01. The fourth-order valence-electron chi connectivity index (χ4n) is 2.23. The van der Waals surface area contributed by atoms with Crippen LogP contribution in [0.1, 0.15) is 19.8 Å². The van der Waals surface area contributed by atoms with Gasteiger partial charge < -0.3 is 10.2 Å². The second kappa shape index (κ2) is 5.28. The third kappa shape index (κ3) is 2.67. The van der Waals surface area contributed by atoms with Crippen molar-refractivity contribution in [1.82, 2.24) is 14.7 Å². The fourth-order valence-corrected chi connectivity index (χ4v) is 2.46. The Morgan fingerprint density at radius 2 is 2.17 bits per heavy atom. The molecule has 0 bridgehead atoms. The van der Waals surface area contributed by atoms with Crippen LogP contribution in [0.15, 0.2) is 11.0 Å². The maximum atomic E-state index is 11.7. The molecular formula is C12H19ClN4O. The molecular weight excluding hydrogens is 252 g/mol. The Morgan fingerprint density at radius 1 is 1.44 bits per heavy atom. The highest BCUT2D eigenvalue weighted by Gasteiger charge is 2.23. The normalized spacial score (nSPS) is 25.1. The molecule has 1 aromatic heterocycles. The zero-order valence-electron chi connectivity index (χ0n) is 11.0. The molecule has 0 saturated carbocycles. The number of nitrogens with one attached hydrogen (secondary N) is 1. The quantitative estimate of drug-likeness (QED) is 0.881. The molecule has 1 aliphatic heterocycles. The van der Waals surface area contributed by atoms with Crippen LogP contribution in [-0.2, 0) is 7.05 Å². The van der Waals surface area contributed by atoms with E-state index in [-0.39, 0.29) is 10.6 Å². The van der Waals surface area contributed by atoms with Gasteiger partial charge in [0.1, 0.15) is 5.02 Å². The van der Waals surface area contributed by atoms with Gasteiger partial charge in [0, 0.05) is 25.7 Å². The average Bonchev–Trinajstić information content (AvgIpc) is 2.34. The number of anilines is 1. The first-order chi connectivity index (χ1) is 8.49. The summed E-state index contributed by atoms with van der Waals surface area (Å²) in [5.41, 5.74) is 0.368. The van der Waals surface area contributed by atoms with Crippen molar-refractivity contribution in [2.24, 2.45) is 7.05 Å². The third-order valence-corrected chi connectivity index (χ3v) is 4.00. The van der Waals surface area contributed by atoms with Gasteiger partial charge in [-0.25, -0.2) is 4.68 Å². The molecule has 1 aliphatic rings. The molecule has 2 atom stereocenters. The Labute approximate surface area is 112 Å². The highest BCUT2D eigenvalue weighted by atomic mass is 35.5. The van der Waals surface area contributed by atoms with Crippen molar-refractivity contribution in [3.05, 3.63) is 21.6 Å². The smallest absolute Gasteiger partial charge is 0.287 e. The number of hydrogen-bond acceptors (Lipinski definition) is 4. The maximum absolute atomic E-state index is 11.7. The molecule has 1 fully saturated rings. The number of nitrogens with zero attached hydrogens (tertiary/aromatic N) is 3. The van der Waals surface area contributed by atoms with Gasteiger partial charge in [0.2, 0.25) is 0 Å². The van der Waals surface area contributed by atoms with Crippen LogP contribution in [0.2, 0.25) is 5.02 Å². The van der Waals surface area contributed by atoms with E-state index in [9.17, 15) is 4.79 Å². The van der Waals surface area contributed by atoms with E-state index < -0.39 is 0 Å². The predicted molar refractivity (Wildman–Crippen MR) is 73.2 cm³/mol. The lowest BCUT2D eigenvalue weighted by molar-refractivity contribution is 0.188. The van der Waals surface area contributed by atoms with E-state index in [0.29, 0.717) is 17.8 Å². The number of aromatic nitrogens is 2. The minimum Gasteiger partial charge on any atom is -0.378 e. The van der Waals surface area contributed by atoms with Gasteiger partial charge in [-0.05, 0) is 26.8 Å². The van der Waals surface area contributed by atoms with Crippen molar-refractivity contribution in [3.63, 3.8) is 0 Å². The minimum absolute atomic E-state index is 0.216. The van der Waals surface area contributed by atoms with Crippen LogP contribution in [0, 0.1) is 0 Å². The first-order valence-corrected chi connectivity index (χ1v) is 6.55. The summed E-state index contributed by atoms with van der Waals surface area (Å²) in [6.45, 7) is 3.18. The molecule has 0 aromatic carbocycles. The van der Waals surface area contributed by atoms with Gasteiger partial charge in [0.15, 0.2) is 0 Å². The Hall–Kier alpha value is -1.07. The SMILES string of the molecule is C[C@@H]1CC[C@H](Nc2cnn(C)c(=O)c2Cl)CN1C. The average molecular weight is 271 g/mol. The predicted octanol–water partition coefficient (Wildman–Crippen LogP) is 1.33. The highest BCUT2D eigenvalue weighted by Crippen LogP contribution is 2.21. The van der Waals surface area contributed by atoms with E-state index in [4.69, 9.17) is 11.6 Å². The summed E-state index contributed by atoms with van der Waals surface area (Å²) in [5.74, 6) is 0. The Morgan fingerprint density at radius 3 is 2.83 bits per heavy atom. The Kier molecular flexibility index (Phi) is 3.92. The molecule has 5 nitrogen and oxygen atoms in total. The summed E-state index contributed by atoms with van der Waals surface area (Å²) in [6, 6.07) is 0.929. The molecule has 0 radical (unpaired) electrons. The number of likely N-dealkylation sites (tertiary alicyclic amines) is 1. The lowest BCUT2D eigenvalue weighted by atomic mass is 10.00. The van der Waals surface area contributed by atoms with Crippen LogP contribution in [0.5, 0.6) is 0 Å². The summed E-state index contributed by atoms with van der Waals surface area (Å²) >= 11 is 6.03. The molecule has 0 aliphatic carbocycles. The van der Waals surface area contributed by atoms with Crippen molar-refractivity contribution in [2.45, 2.75) is 31.8 Å². The molecule has 6 heteroatoms. The van der Waals surface area contributed by atoms with Crippen molar-refractivity contribution < 1.29 is 0 Å². The van der Waals surface area contributed by atoms with Gasteiger partial charge in [-0.3, -0.25) is 4.79 Å². The van der Waals surface area contributed by atoms with Crippen molar-refractivity contribution in [2.75, 3.05) is 18.9 Å². The molecule has 0 amide bonds. The van der Waals surface area contributed by atoms with Crippen molar-refractivity contribution in [3.8, 4) is 0 Å². The summed E-state index contributed by atoms with van der Waals surface area (Å²) in [4.78, 5) is 14.0. The Balaban J connectivity index is 2.11. The van der Waals surface area contributed by atoms with Crippen LogP contribution < -0.4 is 10.9 Å². The zero-order valence-corrected chi connectivity index (χ0v) is 11.7. The second-order valence-corrected chi connectivity index (χ2v) is 5.39. The standard InChI is InChI=1S/C12H19ClN4O/c1-8-4-5-9(7-16(8)2)15-10-6-14-17(3)12(18)11(10)13/h6,8-9,15H,4-5,7H2,1-3H3/t8-,9+/m1/s1. The van der Waals surface area contributed by atoms with Crippen LogP contribution in [-0.4, -0.2) is 40.4 Å². The molecule has 2 heterocycles. The molecule has 18 heavy (non-hydrogen) atoms. The van der Waals surface area contributed by atoms with E-state index in [2.05, 4.69) is 29.3 Å². The van der Waals surface area contributed by atoms with Crippen LogP contribution in [0.3, 0.4) is 0 Å². The number of rotatable bonds is 2. The molecule has 0 unspecified atom stereocenters. The molecule has 0 spiro atoms. The highest BCUT2D eigenvalue weighted by molar-refractivity contribution is 6.32. The summed E-state index contributed by atoms with van der Waals surface area (Å²) in [5, 5.41) is 7.52. The summed E-state index contributed by atoms with van der Waals surface area (Å²) in [7, 11) is 3.70. The van der Waals surface area contributed by atoms with E-state index in [1.54, 1.807) is 13.2 Å². The molecule has 2 rings (SSSR count). The third-order valence-electron chi connectivity index (χ3n) is 3.63. The molecule has 100 valence electrons. The topological polar surface area (TPSA) is 50.2 Å². The van der Waals surface area contributed by atoms with Crippen molar-refractivity contribution in [1.29, 1.82) is 0 Å².